The molecule has 6 rings (SSSR count). The monoisotopic (exact) mass is 434 g/mol. The highest BCUT2D eigenvalue weighted by Gasteiger charge is 2.08. The number of rotatable bonds is 2. The van der Waals surface area contributed by atoms with Gasteiger partial charge in [-0.25, -0.2) is 0 Å². The lowest BCUT2D eigenvalue weighted by atomic mass is 10.2. The first-order chi connectivity index (χ1) is 16.2. The zero-order valence-corrected chi connectivity index (χ0v) is 20.3. The van der Waals surface area contributed by atoms with Crippen LogP contribution in [0.1, 0.15) is 34.1 Å². The number of aryl methyl sites for hydroxylation is 2. The molecule has 0 fully saturated rings. The summed E-state index contributed by atoms with van der Waals surface area (Å²) in [6, 6.07) is 34.4. The van der Waals surface area contributed by atoms with E-state index in [9.17, 15) is 0 Å². The number of nitrogens with zero attached hydrogens (tertiary/aromatic N) is 2. The summed E-state index contributed by atoms with van der Waals surface area (Å²) in [5.74, 6) is 0. The quantitative estimate of drug-likeness (QED) is 0.257. The fourth-order valence-corrected chi connectivity index (χ4v) is 4.69. The van der Waals surface area contributed by atoms with Gasteiger partial charge >= 0.3 is 0 Å². The van der Waals surface area contributed by atoms with Gasteiger partial charge < -0.3 is 9.13 Å². The second-order valence-corrected chi connectivity index (χ2v) is 8.26. The first-order valence-electron chi connectivity index (χ1n) is 12.2. The number of hydrogen-bond acceptors (Lipinski definition) is 0. The van der Waals surface area contributed by atoms with Crippen molar-refractivity contribution < 1.29 is 0 Å². The Balaban J connectivity index is 0.000000141. The molecule has 0 amide bonds. The van der Waals surface area contributed by atoms with Crippen molar-refractivity contribution in [3.63, 3.8) is 0 Å². The van der Waals surface area contributed by atoms with Crippen molar-refractivity contribution in [2.24, 2.45) is 0 Å². The number of hydrogen-bond donors (Lipinski definition) is 0. The molecule has 6 aromatic rings. The Kier molecular flexibility index (Phi) is 7.14. The van der Waals surface area contributed by atoms with Gasteiger partial charge in [-0.2, -0.15) is 0 Å². The third-order valence-corrected chi connectivity index (χ3v) is 5.99. The molecule has 0 N–H and O–H groups in total. The van der Waals surface area contributed by atoms with Crippen molar-refractivity contribution in [3.05, 3.63) is 97.1 Å². The minimum atomic E-state index is 1.02. The van der Waals surface area contributed by atoms with E-state index in [4.69, 9.17) is 0 Å². The molecule has 2 aromatic heterocycles. The highest BCUT2D eigenvalue weighted by atomic mass is 15.0. The predicted molar refractivity (Wildman–Crippen MR) is 146 cm³/mol. The average Bonchev–Trinajstić information content (AvgIpc) is 3.37. The highest BCUT2D eigenvalue weighted by molar-refractivity contribution is 6.08. The van der Waals surface area contributed by atoms with Crippen LogP contribution in [0.25, 0.3) is 43.6 Å². The molecule has 0 aliphatic carbocycles. The van der Waals surface area contributed by atoms with Crippen LogP contribution in [0.3, 0.4) is 0 Å². The van der Waals surface area contributed by atoms with Crippen LogP contribution in [0.2, 0.25) is 0 Å². The topological polar surface area (TPSA) is 9.86 Å². The van der Waals surface area contributed by atoms with Crippen molar-refractivity contribution in [3.8, 4) is 0 Å². The Morgan fingerprint density at radius 1 is 0.394 bits per heavy atom. The molecule has 2 heterocycles. The number of fused-ring (bicyclic) bond motifs is 6. The molecule has 4 aromatic carbocycles. The van der Waals surface area contributed by atoms with Gasteiger partial charge in [-0.05, 0) is 38.1 Å². The molecule has 0 saturated heterocycles. The van der Waals surface area contributed by atoms with Crippen LogP contribution in [0.5, 0.6) is 0 Å². The van der Waals surface area contributed by atoms with E-state index in [-0.39, 0.29) is 0 Å². The van der Waals surface area contributed by atoms with Gasteiger partial charge in [0, 0.05) is 56.7 Å². The predicted octanol–water partition coefficient (Wildman–Crippen LogP) is 9.05. The SMILES string of the molecule is CCC.CCn1c2ccccc2c2ccccc21.CCn1c2ccccc2c2ccccc21. The molecular formula is C31H34N2. The number of aromatic nitrogens is 2. The van der Waals surface area contributed by atoms with Crippen LogP contribution < -0.4 is 0 Å². The Bertz CT molecular complexity index is 1260. The summed E-state index contributed by atoms with van der Waals surface area (Å²) in [4.78, 5) is 0. The molecule has 33 heavy (non-hydrogen) atoms. The van der Waals surface area contributed by atoms with Gasteiger partial charge in [-0.15, -0.1) is 0 Å². The van der Waals surface area contributed by atoms with Crippen LogP contribution in [-0.2, 0) is 13.1 Å². The minimum absolute atomic E-state index is 1.02. The number of benzene rings is 4. The Morgan fingerprint density at radius 2 is 0.606 bits per heavy atom. The third-order valence-electron chi connectivity index (χ3n) is 5.99. The molecule has 0 atom stereocenters. The molecule has 0 spiro atoms. The Labute approximate surface area is 197 Å². The van der Waals surface area contributed by atoms with Crippen LogP contribution in [0.4, 0.5) is 0 Å². The van der Waals surface area contributed by atoms with E-state index in [2.05, 4.69) is 134 Å². The molecule has 0 bridgehead atoms. The van der Waals surface area contributed by atoms with Crippen molar-refractivity contribution in [1.29, 1.82) is 0 Å². The first kappa shape index (κ1) is 22.7. The minimum Gasteiger partial charge on any atom is -0.341 e. The van der Waals surface area contributed by atoms with Gasteiger partial charge in [-0.1, -0.05) is 93.1 Å². The molecule has 0 saturated carbocycles. The Hall–Kier alpha value is -3.52. The van der Waals surface area contributed by atoms with Crippen molar-refractivity contribution in [2.75, 3.05) is 0 Å². The lowest BCUT2D eigenvalue weighted by Gasteiger charge is -2.01. The van der Waals surface area contributed by atoms with Gasteiger partial charge in [0.1, 0.15) is 0 Å². The van der Waals surface area contributed by atoms with E-state index < -0.39 is 0 Å². The first-order valence-corrected chi connectivity index (χ1v) is 12.2. The van der Waals surface area contributed by atoms with Gasteiger partial charge in [0.2, 0.25) is 0 Å². The average molecular weight is 435 g/mol. The summed E-state index contributed by atoms with van der Waals surface area (Å²) in [5, 5.41) is 5.43. The lowest BCUT2D eigenvalue weighted by molar-refractivity contribution is 0.827. The summed E-state index contributed by atoms with van der Waals surface area (Å²) < 4.78 is 4.73. The van der Waals surface area contributed by atoms with E-state index >= 15 is 0 Å². The molecule has 0 aliphatic rings. The molecule has 0 aliphatic heterocycles. The third kappa shape index (κ3) is 4.26. The fourth-order valence-electron chi connectivity index (χ4n) is 4.69. The van der Waals surface area contributed by atoms with Crippen LogP contribution in [0.15, 0.2) is 97.1 Å². The highest BCUT2D eigenvalue weighted by Crippen LogP contribution is 2.29. The van der Waals surface area contributed by atoms with Crippen molar-refractivity contribution >= 4 is 43.6 Å². The summed E-state index contributed by atoms with van der Waals surface area (Å²) in [5.41, 5.74) is 5.34. The van der Waals surface area contributed by atoms with E-state index in [0.717, 1.165) is 13.1 Å². The van der Waals surface area contributed by atoms with E-state index in [1.54, 1.807) is 0 Å². The summed E-state index contributed by atoms with van der Waals surface area (Å²) in [6.07, 6.45) is 1.25. The summed E-state index contributed by atoms with van der Waals surface area (Å²) >= 11 is 0. The molecule has 0 unspecified atom stereocenters. The molecule has 0 radical (unpaired) electrons. The maximum absolute atomic E-state index is 2.37. The van der Waals surface area contributed by atoms with Crippen LogP contribution in [-0.4, -0.2) is 9.13 Å². The van der Waals surface area contributed by atoms with Crippen molar-refractivity contribution in [1.82, 2.24) is 9.13 Å². The maximum atomic E-state index is 2.37. The Morgan fingerprint density at radius 3 is 0.818 bits per heavy atom. The molecule has 2 nitrogen and oxygen atoms in total. The van der Waals surface area contributed by atoms with Gasteiger partial charge in [-0.3, -0.25) is 0 Å². The van der Waals surface area contributed by atoms with Gasteiger partial charge in [0.15, 0.2) is 0 Å². The number of para-hydroxylation sites is 4. The standard InChI is InChI=1S/2C14H13N.C3H8/c2*1-2-15-13-9-5-3-7-11(13)12-8-4-6-10-14(12)15;1-3-2/h2*3-10H,2H2,1H3;3H2,1-2H3. The van der Waals surface area contributed by atoms with Crippen molar-refractivity contribution in [2.45, 2.75) is 47.2 Å². The van der Waals surface area contributed by atoms with E-state index in [1.807, 2.05) is 0 Å². The van der Waals surface area contributed by atoms with Crippen LogP contribution in [0, 0.1) is 0 Å². The second-order valence-electron chi connectivity index (χ2n) is 8.26. The maximum Gasteiger partial charge on any atom is 0.0491 e. The van der Waals surface area contributed by atoms with Gasteiger partial charge in [0.25, 0.3) is 0 Å². The fraction of sp³-hybridized carbons (Fsp3) is 0.226. The molecule has 168 valence electrons. The van der Waals surface area contributed by atoms with E-state index in [0.29, 0.717) is 0 Å². The lowest BCUT2D eigenvalue weighted by Crippen LogP contribution is -1.91. The zero-order chi connectivity index (χ0) is 23.2. The zero-order valence-electron chi connectivity index (χ0n) is 20.3. The molecule has 2 heteroatoms. The normalized spacial score (nSPS) is 10.8. The van der Waals surface area contributed by atoms with Gasteiger partial charge in [0.05, 0.1) is 0 Å². The smallest absolute Gasteiger partial charge is 0.0491 e. The molecular weight excluding hydrogens is 400 g/mol. The largest absolute Gasteiger partial charge is 0.341 e. The van der Waals surface area contributed by atoms with Crippen LogP contribution >= 0.6 is 0 Å². The second kappa shape index (κ2) is 10.4. The summed E-state index contributed by atoms with van der Waals surface area (Å²) in [7, 11) is 0. The van der Waals surface area contributed by atoms with E-state index in [1.165, 1.54) is 50.0 Å². The summed E-state index contributed by atoms with van der Waals surface area (Å²) in [6.45, 7) is 10.7.